The summed E-state index contributed by atoms with van der Waals surface area (Å²) in [6.07, 6.45) is 3.04. The average molecular weight is 281 g/mol. The van der Waals surface area contributed by atoms with Crippen LogP contribution in [0.4, 0.5) is 5.13 Å². The SMILES string of the molecule is CCC(C)Nc1nc(-c2cnc(C(C)C)s2)cs1. The quantitative estimate of drug-likeness (QED) is 0.870. The van der Waals surface area contributed by atoms with E-state index in [4.69, 9.17) is 0 Å². The van der Waals surface area contributed by atoms with Crippen molar-refractivity contribution < 1.29 is 0 Å². The molecule has 1 N–H and O–H groups in total. The van der Waals surface area contributed by atoms with E-state index in [0.29, 0.717) is 12.0 Å². The molecule has 0 saturated carbocycles. The minimum atomic E-state index is 0.469. The lowest BCUT2D eigenvalue weighted by Gasteiger charge is -2.08. The number of aromatic nitrogens is 2. The molecule has 0 bridgehead atoms. The minimum Gasteiger partial charge on any atom is -0.359 e. The Morgan fingerprint density at radius 3 is 2.72 bits per heavy atom. The first-order chi connectivity index (χ1) is 8.60. The van der Waals surface area contributed by atoms with E-state index in [1.165, 1.54) is 5.01 Å². The van der Waals surface area contributed by atoms with Crippen LogP contribution in [0.2, 0.25) is 0 Å². The number of rotatable bonds is 5. The molecule has 5 heteroatoms. The smallest absolute Gasteiger partial charge is 0.183 e. The molecule has 0 aliphatic heterocycles. The van der Waals surface area contributed by atoms with Crippen LogP contribution in [-0.2, 0) is 0 Å². The van der Waals surface area contributed by atoms with Crippen molar-refractivity contribution in [2.45, 2.75) is 46.1 Å². The Kier molecular flexibility index (Phi) is 4.35. The van der Waals surface area contributed by atoms with Crippen molar-refractivity contribution >= 4 is 27.8 Å². The van der Waals surface area contributed by atoms with Gasteiger partial charge in [0.15, 0.2) is 5.13 Å². The van der Waals surface area contributed by atoms with Gasteiger partial charge in [-0.1, -0.05) is 20.8 Å². The molecule has 1 atom stereocenters. The Balaban J connectivity index is 2.13. The topological polar surface area (TPSA) is 37.8 Å². The van der Waals surface area contributed by atoms with Gasteiger partial charge in [-0.2, -0.15) is 0 Å². The fraction of sp³-hybridized carbons (Fsp3) is 0.538. The Labute approximate surface area is 116 Å². The summed E-state index contributed by atoms with van der Waals surface area (Å²) >= 11 is 3.40. The predicted molar refractivity (Wildman–Crippen MR) is 80.7 cm³/mol. The second-order valence-corrected chi connectivity index (χ2v) is 6.63. The van der Waals surface area contributed by atoms with Crippen LogP contribution in [0.5, 0.6) is 0 Å². The largest absolute Gasteiger partial charge is 0.359 e. The van der Waals surface area contributed by atoms with Crippen LogP contribution in [0, 0.1) is 0 Å². The zero-order chi connectivity index (χ0) is 13.1. The Bertz CT molecular complexity index is 502. The molecular weight excluding hydrogens is 262 g/mol. The van der Waals surface area contributed by atoms with Crippen LogP contribution in [0.15, 0.2) is 11.6 Å². The second-order valence-electron chi connectivity index (χ2n) is 4.71. The molecular formula is C13H19N3S2. The third-order valence-electron chi connectivity index (χ3n) is 2.76. The van der Waals surface area contributed by atoms with Crippen molar-refractivity contribution in [3.8, 4) is 10.6 Å². The van der Waals surface area contributed by atoms with E-state index < -0.39 is 0 Å². The van der Waals surface area contributed by atoms with Crippen LogP contribution >= 0.6 is 22.7 Å². The van der Waals surface area contributed by atoms with Gasteiger partial charge in [-0.25, -0.2) is 9.97 Å². The zero-order valence-electron chi connectivity index (χ0n) is 11.2. The van der Waals surface area contributed by atoms with E-state index in [1.54, 1.807) is 22.7 Å². The van der Waals surface area contributed by atoms with Crippen LogP contribution in [0.25, 0.3) is 10.6 Å². The highest BCUT2D eigenvalue weighted by Gasteiger charge is 2.11. The maximum Gasteiger partial charge on any atom is 0.183 e. The Morgan fingerprint density at radius 2 is 2.11 bits per heavy atom. The summed E-state index contributed by atoms with van der Waals surface area (Å²) in [5.41, 5.74) is 1.04. The Hall–Kier alpha value is -0.940. The molecule has 0 aliphatic carbocycles. The van der Waals surface area contributed by atoms with E-state index in [0.717, 1.165) is 22.1 Å². The summed E-state index contributed by atoms with van der Waals surface area (Å²) in [6.45, 7) is 8.67. The third-order valence-corrected chi connectivity index (χ3v) is 4.85. The molecule has 2 heterocycles. The van der Waals surface area contributed by atoms with E-state index in [9.17, 15) is 0 Å². The standard InChI is InChI=1S/C13H19N3S2/c1-5-9(4)15-13-16-10(7-17-13)11-6-14-12(18-11)8(2)3/h6-9H,5H2,1-4H3,(H,15,16). The summed E-state index contributed by atoms with van der Waals surface area (Å²) in [6, 6.07) is 0.469. The van der Waals surface area contributed by atoms with Crippen molar-refractivity contribution in [2.75, 3.05) is 5.32 Å². The molecule has 0 spiro atoms. The van der Waals surface area contributed by atoms with E-state index >= 15 is 0 Å². The fourth-order valence-electron chi connectivity index (χ4n) is 1.44. The second kappa shape index (κ2) is 5.80. The summed E-state index contributed by atoms with van der Waals surface area (Å²) in [5, 5.41) is 7.68. The molecule has 0 amide bonds. The monoisotopic (exact) mass is 281 g/mol. The molecule has 2 aromatic rings. The molecule has 1 unspecified atom stereocenters. The van der Waals surface area contributed by atoms with Gasteiger partial charge in [0, 0.05) is 23.5 Å². The first-order valence-electron chi connectivity index (χ1n) is 6.28. The van der Waals surface area contributed by atoms with Crippen LogP contribution < -0.4 is 5.32 Å². The van der Waals surface area contributed by atoms with E-state index in [1.807, 2.05) is 6.20 Å². The molecule has 3 nitrogen and oxygen atoms in total. The summed E-state index contributed by atoms with van der Waals surface area (Å²) < 4.78 is 0. The van der Waals surface area contributed by atoms with Gasteiger partial charge in [-0.05, 0) is 13.3 Å². The minimum absolute atomic E-state index is 0.469. The van der Waals surface area contributed by atoms with Gasteiger partial charge >= 0.3 is 0 Å². The molecule has 18 heavy (non-hydrogen) atoms. The van der Waals surface area contributed by atoms with Gasteiger partial charge in [0.25, 0.3) is 0 Å². The van der Waals surface area contributed by atoms with Crippen LogP contribution in [0.3, 0.4) is 0 Å². The molecule has 0 fully saturated rings. The number of hydrogen-bond donors (Lipinski definition) is 1. The number of hydrogen-bond acceptors (Lipinski definition) is 5. The fourth-order valence-corrected chi connectivity index (χ4v) is 3.22. The summed E-state index contributed by atoms with van der Waals surface area (Å²) in [5.74, 6) is 0.486. The van der Waals surface area contributed by atoms with Gasteiger partial charge in [-0.15, -0.1) is 22.7 Å². The first-order valence-corrected chi connectivity index (χ1v) is 7.98. The number of thiazole rings is 2. The Morgan fingerprint density at radius 1 is 1.33 bits per heavy atom. The third kappa shape index (κ3) is 3.09. The van der Waals surface area contributed by atoms with E-state index in [2.05, 4.69) is 48.4 Å². The highest BCUT2D eigenvalue weighted by molar-refractivity contribution is 7.16. The summed E-state index contributed by atoms with van der Waals surface area (Å²) in [7, 11) is 0. The molecule has 2 aromatic heterocycles. The lowest BCUT2D eigenvalue weighted by Crippen LogP contribution is -2.12. The molecule has 98 valence electrons. The van der Waals surface area contributed by atoms with Gasteiger partial charge in [0.2, 0.25) is 0 Å². The molecule has 2 rings (SSSR count). The maximum absolute atomic E-state index is 4.62. The van der Waals surface area contributed by atoms with Crippen molar-refractivity contribution in [2.24, 2.45) is 0 Å². The molecule has 0 radical (unpaired) electrons. The zero-order valence-corrected chi connectivity index (χ0v) is 12.9. The van der Waals surface area contributed by atoms with Gasteiger partial charge in [-0.3, -0.25) is 0 Å². The average Bonchev–Trinajstić information content (AvgIpc) is 2.96. The van der Waals surface area contributed by atoms with Crippen molar-refractivity contribution in [1.82, 2.24) is 9.97 Å². The first kappa shape index (κ1) is 13.5. The van der Waals surface area contributed by atoms with Crippen molar-refractivity contribution in [3.63, 3.8) is 0 Å². The lowest BCUT2D eigenvalue weighted by molar-refractivity contribution is 0.763. The van der Waals surface area contributed by atoms with E-state index in [-0.39, 0.29) is 0 Å². The summed E-state index contributed by atoms with van der Waals surface area (Å²) in [4.78, 5) is 10.2. The highest BCUT2D eigenvalue weighted by atomic mass is 32.1. The number of anilines is 1. The van der Waals surface area contributed by atoms with Crippen LogP contribution in [0.1, 0.15) is 45.0 Å². The number of nitrogens with one attached hydrogen (secondary N) is 1. The molecule has 0 aliphatic rings. The molecule has 0 saturated heterocycles. The maximum atomic E-state index is 4.62. The number of nitrogens with zero attached hydrogens (tertiary/aromatic N) is 2. The van der Waals surface area contributed by atoms with Crippen LogP contribution in [-0.4, -0.2) is 16.0 Å². The highest BCUT2D eigenvalue weighted by Crippen LogP contribution is 2.31. The molecule has 0 aromatic carbocycles. The van der Waals surface area contributed by atoms with Crippen molar-refractivity contribution in [3.05, 3.63) is 16.6 Å². The van der Waals surface area contributed by atoms with Crippen molar-refractivity contribution in [1.29, 1.82) is 0 Å². The van der Waals surface area contributed by atoms with Gasteiger partial charge < -0.3 is 5.32 Å². The lowest BCUT2D eigenvalue weighted by atomic mass is 10.2. The van der Waals surface area contributed by atoms with Gasteiger partial charge in [0.1, 0.15) is 0 Å². The predicted octanol–water partition coefficient (Wildman–Crippen LogP) is 4.60. The normalized spacial score (nSPS) is 12.9. The van der Waals surface area contributed by atoms with Gasteiger partial charge in [0.05, 0.1) is 15.6 Å².